The van der Waals surface area contributed by atoms with Crippen molar-refractivity contribution in [3.63, 3.8) is 0 Å². The highest BCUT2D eigenvalue weighted by molar-refractivity contribution is 5.65. The quantitative estimate of drug-likeness (QED) is 0.678. The van der Waals surface area contributed by atoms with Gasteiger partial charge in [0, 0.05) is 55.5 Å². The molecule has 8 heteroatoms. The van der Waals surface area contributed by atoms with Gasteiger partial charge in [-0.3, -0.25) is 4.68 Å². The number of benzene rings is 1. The highest BCUT2D eigenvalue weighted by atomic mass is 15.3. The van der Waals surface area contributed by atoms with Crippen molar-refractivity contribution in [1.82, 2.24) is 24.6 Å². The van der Waals surface area contributed by atoms with Crippen LogP contribution in [-0.4, -0.2) is 57.9 Å². The zero-order valence-corrected chi connectivity index (χ0v) is 17.4. The number of hydrogen-bond donors (Lipinski definition) is 1. The number of rotatable bonds is 6. The number of likely N-dealkylation sites (N-methyl/N-ethyl adjacent to an activating group) is 1. The van der Waals surface area contributed by atoms with Gasteiger partial charge < -0.3 is 15.1 Å². The molecule has 0 saturated carbocycles. The summed E-state index contributed by atoms with van der Waals surface area (Å²) in [6.07, 6.45) is 5.94. The molecular formula is C22H26N8. The molecule has 3 aromatic rings. The second-order valence-electron chi connectivity index (χ2n) is 7.59. The van der Waals surface area contributed by atoms with E-state index in [0.29, 0.717) is 18.9 Å². The Kier molecular flexibility index (Phi) is 5.91. The summed E-state index contributed by atoms with van der Waals surface area (Å²) < 4.78 is 1.77. The van der Waals surface area contributed by atoms with Gasteiger partial charge >= 0.3 is 0 Å². The van der Waals surface area contributed by atoms with Crippen LogP contribution >= 0.6 is 0 Å². The number of piperazine rings is 1. The lowest BCUT2D eigenvalue weighted by molar-refractivity contribution is 0.313. The third-order valence-corrected chi connectivity index (χ3v) is 5.32. The average molecular weight is 403 g/mol. The summed E-state index contributed by atoms with van der Waals surface area (Å²) in [5, 5.41) is 16.4. The first kappa shape index (κ1) is 19.9. The topological polar surface area (TPSA) is 85.9 Å². The Labute approximate surface area is 176 Å². The van der Waals surface area contributed by atoms with Crippen molar-refractivity contribution >= 4 is 17.3 Å². The van der Waals surface area contributed by atoms with Gasteiger partial charge in [0.1, 0.15) is 0 Å². The molecule has 1 fully saturated rings. The molecule has 1 N–H and O–H groups in total. The molecule has 0 bridgehead atoms. The minimum atomic E-state index is 0.431. The lowest BCUT2D eigenvalue weighted by Gasteiger charge is -2.34. The largest absolute Gasteiger partial charge is 0.369 e. The first-order chi connectivity index (χ1) is 14.6. The zero-order chi connectivity index (χ0) is 20.9. The molecule has 1 aliphatic rings. The molecule has 30 heavy (non-hydrogen) atoms. The van der Waals surface area contributed by atoms with Gasteiger partial charge in [0.15, 0.2) is 0 Å². The normalized spacial score (nSPS) is 14.5. The molecule has 0 unspecified atom stereocenters. The van der Waals surface area contributed by atoms with Crippen molar-refractivity contribution in [2.45, 2.75) is 19.9 Å². The summed E-state index contributed by atoms with van der Waals surface area (Å²) in [4.78, 5) is 13.9. The number of aryl methyl sites for hydroxylation is 2. The first-order valence-electron chi connectivity index (χ1n) is 10.2. The minimum Gasteiger partial charge on any atom is -0.369 e. The van der Waals surface area contributed by atoms with Gasteiger partial charge in [-0.15, -0.1) is 0 Å². The molecule has 1 aromatic carbocycles. The molecule has 154 valence electrons. The van der Waals surface area contributed by atoms with Crippen molar-refractivity contribution in [1.29, 1.82) is 5.26 Å². The molecular weight excluding hydrogens is 376 g/mol. The molecule has 0 aliphatic carbocycles. The van der Waals surface area contributed by atoms with Gasteiger partial charge in [0.25, 0.3) is 0 Å². The lowest BCUT2D eigenvalue weighted by Crippen LogP contribution is -2.44. The zero-order valence-electron chi connectivity index (χ0n) is 17.4. The van der Waals surface area contributed by atoms with Gasteiger partial charge in [0.2, 0.25) is 5.95 Å². The van der Waals surface area contributed by atoms with Gasteiger partial charge in [-0.2, -0.15) is 10.4 Å². The van der Waals surface area contributed by atoms with Crippen molar-refractivity contribution in [3.05, 3.63) is 48.4 Å². The van der Waals surface area contributed by atoms with Crippen LogP contribution < -0.4 is 10.2 Å². The summed E-state index contributed by atoms with van der Waals surface area (Å²) in [5.74, 6) is 0.549. The highest BCUT2D eigenvalue weighted by Gasteiger charge is 2.14. The van der Waals surface area contributed by atoms with Crippen LogP contribution in [0.2, 0.25) is 0 Å². The van der Waals surface area contributed by atoms with Gasteiger partial charge in [0.05, 0.1) is 30.9 Å². The average Bonchev–Trinajstić information content (AvgIpc) is 3.23. The molecule has 3 heterocycles. The molecule has 0 spiro atoms. The van der Waals surface area contributed by atoms with Crippen LogP contribution in [0.1, 0.15) is 12.0 Å². The molecule has 0 atom stereocenters. The Balaban J connectivity index is 1.47. The standard InChI is InChI=1S/C22H26N8/c1-17-14-24-22(27-21(17)18-15-25-30(16-18)9-3-8-23)26-19-4-6-20(7-5-19)29-12-10-28(2)11-13-29/h4-7,14-16H,3,9-13H2,1-2H3,(H,24,26,27). The van der Waals surface area contributed by atoms with Gasteiger partial charge in [-0.1, -0.05) is 0 Å². The lowest BCUT2D eigenvalue weighted by atomic mass is 10.1. The van der Waals surface area contributed by atoms with Crippen LogP contribution in [-0.2, 0) is 6.54 Å². The maximum Gasteiger partial charge on any atom is 0.227 e. The van der Waals surface area contributed by atoms with E-state index in [2.05, 4.69) is 62.6 Å². The van der Waals surface area contributed by atoms with E-state index < -0.39 is 0 Å². The molecule has 0 amide bonds. The van der Waals surface area contributed by atoms with Crippen LogP contribution in [0.3, 0.4) is 0 Å². The predicted octanol–water partition coefficient (Wildman–Crippen LogP) is 3.06. The Bertz CT molecular complexity index is 1030. The Hall–Kier alpha value is -3.44. The molecule has 4 rings (SSSR count). The van der Waals surface area contributed by atoms with Crippen LogP contribution in [0.15, 0.2) is 42.9 Å². The van der Waals surface area contributed by atoms with Gasteiger partial charge in [-0.25, -0.2) is 9.97 Å². The Morgan fingerprint density at radius 1 is 1.10 bits per heavy atom. The Morgan fingerprint density at radius 3 is 2.60 bits per heavy atom. The Morgan fingerprint density at radius 2 is 1.87 bits per heavy atom. The van der Waals surface area contributed by atoms with Crippen LogP contribution in [0, 0.1) is 18.3 Å². The van der Waals surface area contributed by atoms with Crippen LogP contribution in [0.5, 0.6) is 0 Å². The van der Waals surface area contributed by atoms with E-state index in [1.165, 1.54) is 5.69 Å². The summed E-state index contributed by atoms with van der Waals surface area (Å²) in [7, 11) is 2.16. The molecule has 2 aromatic heterocycles. The molecule has 1 aliphatic heterocycles. The fourth-order valence-corrected chi connectivity index (χ4v) is 3.52. The van der Waals surface area contributed by atoms with E-state index in [0.717, 1.165) is 48.7 Å². The second kappa shape index (κ2) is 8.93. The number of nitrogens with zero attached hydrogens (tertiary/aromatic N) is 7. The number of hydrogen-bond acceptors (Lipinski definition) is 7. The third-order valence-electron chi connectivity index (χ3n) is 5.32. The minimum absolute atomic E-state index is 0.431. The predicted molar refractivity (Wildman–Crippen MR) is 118 cm³/mol. The summed E-state index contributed by atoms with van der Waals surface area (Å²) >= 11 is 0. The van der Waals surface area contributed by atoms with Crippen molar-refractivity contribution < 1.29 is 0 Å². The summed E-state index contributed by atoms with van der Waals surface area (Å²) in [5.41, 5.74) is 4.92. The summed E-state index contributed by atoms with van der Waals surface area (Å²) in [6.45, 7) is 6.84. The van der Waals surface area contributed by atoms with Crippen molar-refractivity contribution in [2.24, 2.45) is 0 Å². The van der Waals surface area contributed by atoms with Crippen LogP contribution in [0.25, 0.3) is 11.3 Å². The smallest absolute Gasteiger partial charge is 0.227 e. The number of nitrogens with one attached hydrogen (secondary N) is 1. The fraction of sp³-hybridized carbons (Fsp3) is 0.364. The third kappa shape index (κ3) is 4.58. The molecule has 0 radical (unpaired) electrons. The maximum atomic E-state index is 8.75. The molecule has 1 saturated heterocycles. The highest BCUT2D eigenvalue weighted by Crippen LogP contribution is 2.24. The number of nitriles is 1. The SMILES string of the molecule is Cc1cnc(Nc2ccc(N3CCN(C)CC3)cc2)nc1-c1cnn(CCC#N)c1. The van der Waals surface area contributed by atoms with E-state index >= 15 is 0 Å². The first-order valence-corrected chi connectivity index (χ1v) is 10.2. The van der Waals surface area contributed by atoms with Crippen molar-refractivity contribution in [2.75, 3.05) is 43.4 Å². The van der Waals surface area contributed by atoms with E-state index in [9.17, 15) is 0 Å². The monoisotopic (exact) mass is 402 g/mol. The van der Waals surface area contributed by atoms with E-state index in [4.69, 9.17) is 10.2 Å². The van der Waals surface area contributed by atoms with Gasteiger partial charge in [-0.05, 0) is 43.8 Å². The maximum absolute atomic E-state index is 8.75. The van der Waals surface area contributed by atoms with E-state index in [1.54, 1.807) is 10.9 Å². The number of aromatic nitrogens is 4. The number of anilines is 3. The van der Waals surface area contributed by atoms with Crippen molar-refractivity contribution in [3.8, 4) is 17.3 Å². The van der Waals surface area contributed by atoms with E-state index in [-0.39, 0.29) is 0 Å². The van der Waals surface area contributed by atoms with Crippen LogP contribution in [0.4, 0.5) is 17.3 Å². The fourth-order valence-electron chi connectivity index (χ4n) is 3.52. The van der Waals surface area contributed by atoms with E-state index in [1.807, 2.05) is 19.3 Å². The second-order valence-corrected chi connectivity index (χ2v) is 7.59. The molecule has 8 nitrogen and oxygen atoms in total. The summed E-state index contributed by atoms with van der Waals surface area (Å²) in [6, 6.07) is 10.6.